The second-order valence-corrected chi connectivity index (χ2v) is 1.67. The van der Waals surface area contributed by atoms with E-state index in [9.17, 15) is 9.59 Å². The highest BCUT2D eigenvalue weighted by Gasteiger charge is 1.94. The molecular weight excluding hydrogens is 180 g/mol. The molecule has 0 bridgehead atoms. The number of aliphatic hydroxyl groups is 1. The van der Waals surface area contributed by atoms with Gasteiger partial charge >= 0.3 is 12.2 Å². The fourth-order valence-corrected chi connectivity index (χ4v) is 0.377. The second-order valence-electron chi connectivity index (χ2n) is 1.67. The van der Waals surface area contributed by atoms with Crippen molar-refractivity contribution in [3.8, 4) is 0 Å². The number of carbonyl (C=O) groups is 2. The van der Waals surface area contributed by atoms with E-state index in [2.05, 4.69) is 14.7 Å². The van der Waals surface area contributed by atoms with Crippen LogP contribution in [-0.2, 0) is 4.74 Å². The SMILES string of the molecule is O=C(O)N=CCOC(=O)N=CCO. The molecule has 0 atom stereocenters. The molecule has 0 fully saturated rings. The largest absolute Gasteiger partial charge is 0.463 e. The number of carboxylic acid groups (broad SMARTS) is 1. The molecule has 7 heteroatoms. The van der Waals surface area contributed by atoms with E-state index >= 15 is 0 Å². The maximum atomic E-state index is 10.5. The van der Waals surface area contributed by atoms with Crippen molar-refractivity contribution in [3.05, 3.63) is 0 Å². The highest BCUT2D eigenvalue weighted by molar-refractivity contribution is 5.82. The average molecular weight is 188 g/mol. The second kappa shape index (κ2) is 6.92. The molecule has 0 aliphatic rings. The molecule has 0 aliphatic carbocycles. The summed E-state index contributed by atoms with van der Waals surface area (Å²) in [5.74, 6) is 0. The number of rotatable bonds is 3. The lowest BCUT2D eigenvalue weighted by Gasteiger charge is -1.93. The maximum absolute atomic E-state index is 10.5. The van der Waals surface area contributed by atoms with Crippen molar-refractivity contribution in [1.29, 1.82) is 0 Å². The first-order chi connectivity index (χ1) is 6.16. The van der Waals surface area contributed by atoms with Crippen molar-refractivity contribution in [1.82, 2.24) is 0 Å². The van der Waals surface area contributed by atoms with Gasteiger partial charge in [-0.05, 0) is 0 Å². The van der Waals surface area contributed by atoms with Crippen LogP contribution in [0.15, 0.2) is 9.98 Å². The Morgan fingerprint density at radius 2 is 2.00 bits per heavy atom. The summed E-state index contributed by atoms with van der Waals surface area (Å²) < 4.78 is 4.33. The van der Waals surface area contributed by atoms with Gasteiger partial charge in [0, 0.05) is 12.4 Å². The summed E-state index contributed by atoms with van der Waals surface area (Å²) in [7, 11) is 0. The normalized spacial score (nSPS) is 10.8. The first kappa shape index (κ1) is 11.2. The van der Waals surface area contributed by atoms with Crippen molar-refractivity contribution in [2.75, 3.05) is 13.2 Å². The summed E-state index contributed by atoms with van der Waals surface area (Å²) in [6.45, 7) is -0.633. The van der Waals surface area contributed by atoms with Crippen molar-refractivity contribution in [2.45, 2.75) is 0 Å². The first-order valence-electron chi connectivity index (χ1n) is 3.22. The zero-order valence-electron chi connectivity index (χ0n) is 6.58. The number of nitrogens with zero attached hydrogens (tertiary/aromatic N) is 2. The van der Waals surface area contributed by atoms with E-state index in [1.54, 1.807) is 0 Å². The molecule has 2 amide bonds. The van der Waals surface area contributed by atoms with Crippen LogP contribution in [0.2, 0.25) is 0 Å². The Bertz CT molecular complexity index is 235. The van der Waals surface area contributed by atoms with Crippen LogP contribution in [0.25, 0.3) is 0 Å². The molecule has 0 aromatic heterocycles. The van der Waals surface area contributed by atoms with Crippen LogP contribution in [0.5, 0.6) is 0 Å². The molecule has 0 aromatic carbocycles. The van der Waals surface area contributed by atoms with E-state index < -0.39 is 12.2 Å². The number of hydrogen-bond acceptors (Lipinski definition) is 4. The Morgan fingerprint density at radius 1 is 1.31 bits per heavy atom. The van der Waals surface area contributed by atoms with Crippen molar-refractivity contribution in [2.24, 2.45) is 9.98 Å². The standard InChI is InChI=1S/C6H8N2O5/c9-3-1-8-6(12)13-4-2-7-5(10)11/h1-2,9H,3-4H2,(H,10,11). The Morgan fingerprint density at radius 3 is 2.54 bits per heavy atom. The lowest BCUT2D eigenvalue weighted by molar-refractivity contribution is 0.173. The third-order valence-corrected chi connectivity index (χ3v) is 0.761. The first-order valence-corrected chi connectivity index (χ1v) is 3.22. The number of hydrogen-bond donors (Lipinski definition) is 2. The van der Waals surface area contributed by atoms with Crippen molar-refractivity contribution in [3.63, 3.8) is 0 Å². The van der Waals surface area contributed by atoms with Crippen molar-refractivity contribution < 1.29 is 24.5 Å². The van der Waals surface area contributed by atoms with Crippen LogP contribution in [0, 0.1) is 0 Å². The zero-order chi connectivity index (χ0) is 10.1. The van der Waals surface area contributed by atoms with Crippen LogP contribution >= 0.6 is 0 Å². The van der Waals surface area contributed by atoms with E-state index in [0.717, 1.165) is 12.4 Å². The summed E-state index contributed by atoms with van der Waals surface area (Å²) in [5, 5.41) is 16.2. The molecular formula is C6H8N2O5. The van der Waals surface area contributed by atoms with Gasteiger partial charge in [-0.15, -0.1) is 0 Å². The maximum Gasteiger partial charge on any atom is 0.433 e. The number of ether oxygens (including phenoxy) is 1. The quantitative estimate of drug-likeness (QED) is 0.603. The minimum Gasteiger partial charge on any atom is -0.463 e. The van der Waals surface area contributed by atoms with Crippen LogP contribution in [-0.4, -0.2) is 48.0 Å². The van der Waals surface area contributed by atoms with Gasteiger partial charge in [0.1, 0.15) is 6.61 Å². The minimum atomic E-state index is -1.37. The minimum absolute atomic E-state index is 0.270. The molecule has 0 spiro atoms. The van der Waals surface area contributed by atoms with Crippen LogP contribution in [0.4, 0.5) is 9.59 Å². The Hall–Kier alpha value is -1.76. The van der Waals surface area contributed by atoms with Crippen molar-refractivity contribution >= 4 is 24.6 Å². The third-order valence-electron chi connectivity index (χ3n) is 0.761. The molecule has 0 heterocycles. The van der Waals surface area contributed by atoms with Gasteiger partial charge in [0.05, 0.1) is 6.61 Å². The van der Waals surface area contributed by atoms with Crippen LogP contribution in [0.1, 0.15) is 0 Å². The molecule has 0 aliphatic heterocycles. The molecule has 7 nitrogen and oxygen atoms in total. The van der Waals surface area contributed by atoms with Gasteiger partial charge in [0.25, 0.3) is 0 Å². The van der Waals surface area contributed by atoms with E-state index in [1.165, 1.54) is 0 Å². The zero-order valence-corrected chi connectivity index (χ0v) is 6.58. The molecule has 0 rings (SSSR count). The average Bonchev–Trinajstić information content (AvgIpc) is 2.08. The Kier molecular flexibility index (Phi) is 5.98. The van der Waals surface area contributed by atoms with Gasteiger partial charge in [0.15, 0.2) is 0 Å². The topological polar surface area (TPSA) is 109 Å². The Labute approximate surface area is 73.4 Å². The predicted octanol–water partition coefficient (Wildman–Crippen LogP) is -0.0651. The molecule has 0 unspecified atom stereocenters. The van der Waals surface area contributed by atoms with Gasteiger partial charge in [-0.3, -0.25) is 0 Å². The van der Waals surface area contributed by atoms with Gasteiger partial charge < -0.3 is 14.9 Å². The van der Waals surface area contributed by atoms with Crippen LogP contribution in [0.3, 0.4) is 0 Å². The van der Waals surface area contributed by atoms with Gasteiger partial charge in [-0.2, -0.15) is 9.98 Å². The summed E-state index contributed by atoms with van der Waals surface area (Å²) in [6.07, 6.45) is -0.411. The van der Waals surface area contributed by atoms with Gasteiger partial charge in [-0.25, -0.2) is 9.59 Å². The smallest absolute Gasteiger partial charge is 0.433 e. The molecule has 2 N–H and O–H groups in total. The van der Waals surface area contributed by atoms with E-state index in [1.807, 2.05) is 0 Å². The lowest BCUT2D eigenvalue weighted by Crippen LogP contribution is -2.03. The van der Waals surface area contributed by atoms with Gasteiger partial charge in [-0.1, -0.05) is 0 Å². The monoisotopic (exact) mass is 188 g/mol. The van der Waals surface area contributed by atoms with Crippen LogP contribution < -0.4 is 0 Å². The van der Waals surface area contributed by atoms with E-state index in [4.69, 9.17) is 10.2 Å². The fraction of sp³-hybridized carbons (Fsp3) is 0.333. The summed E-state index contributed by atoms with van der Waals surface area (Å²) >= 11 is 0. The lowest BCUT2D eigenvalue weighted by atomic mass is 10.8. The van der Waals surface area contributed by atoms with E-state index in [0.29, 0.717) is 0 Å². The number of amides is 2. The molecule has 0 saturated heterocycles. The predicted molar refractivity (Wildman–Crippen MR) is 43.4 cm³/mol. The Balaban J connectivity index is 3.59. The fourth-order valence-electron chi connectivity index (χ4n) is 0.377. The molecule has 72 valence electrons. The molecule has 13 heavy (non-hydrogen) atoms. The third kappa shape index (κ3) is 8.14. The highest BCUT2D eigenvalue weighted by Crippen LogP contribution is 1.81. The highest BCUT2D eigenvalue weighted by atomic mass is 16.5. The molecule has 0 radical (unpaired) electrons. The molecule has 0 aromatic rings. The van der Waals surface area contributed by atoms with E-state index in [-0.39, 0.29) is 13.2 Å². The number of aliphatic imine (C=N–C) groups is 2. The molecule has 0 saturated carbocycles. The summed E-state index contributed by atoms with van der Waals surface area (Å²) in [4.78, 5) is 26.3. The summed E-state index contributed by atoms with van der Waals surface area (Å²) in [5.41, 5.74) is 0. The summed E-state index contributed by atoms with van der Waals surface area (Å²) in [6, 6.07) is 0. The number of carbonyl (C=O) groups excluding carboxylic acids is 1. The number of aliphatic hydroxyl groups excluding tert-OH is 1. The van der Waals surface area contributed by atoms with Gasteiger partial charge in [0.2, 0.25) is 0 Å².